The fourth-order valence-electron chi connectivity index (χ4n) is 1.55. The van der Waals surface area contributed by atoms with Gasteiger partial charge in [0, 0.05) is 22.2 Å². The third-order valence-corrected chi connectivity index (χ3v) is 4.03. The Labute approximate surface area is 119 Å². The van der Waals surface area contributed by atoms with Gasteiger partial charge in [-0.15, -0.1) is 0 Å². The molecule has 18 heavy (non-hydrogen) atoms. The molecule has 1 fully saturated rings. The second kappa shape index (κ2) is 5.34. The number of benzene rings is 1. The molecule has 0 N–H and O–H groups in total. The van der Waals surface area contributed by atoms with Crippen molar-refractivity contribution >= 4 is 52.2 Å². The van der Waals surface area contributed by atoms with E-state index in [1.807, 2.05) is 0 Å². The van der Waals surface area contributed by atoms with Gasteiger partial charge in [0.2, 0.25) is 0 Å². The average molecular weight is 302 g/mol. The third-order valence-electron chi connectivity index (χ3n) is 2.46. The zero-order chi connectivity index (χ0) is 13.3. The Bertz CT molecular complexity index is 537. The van der Waals surface area contributed by atoms with E-state index in [-0.39, 0.29) is 11.1 Å². The second-order valence-electron chi connectivity index (χ2n) is 3.56. The predicted molar refractivity (Wildman–Crippen MR) is 74.8 cm³/mol. The van der Waals surface area contributed by atoms with Gasteiger partial charge in [-0.05, 0) is 36.9 Å². The van der Waals surface area contributed by atoms with E-state index < -0.39 is 0 Å². The number of likely N-dealkylation sites (N-methyl/N-ethyl adjacent to an activating group) is 1. The van der Waals surface area contributed by atoms with Crippen LogP contribution in [0.1, 0.15) is 12.5 Å². The molecule has 1 aromatic carbocycles. The highest BCUT2D eigenvalue weighted by molar-refractivity contribution is 8.18. The van der Waals surface area contributed by atoms with Gasteiger partial charge in [-0.1, -0.05) is 29.3 Å². The number of hydrogen-bond donors (Lipinski definition) is 0. The summed E-state index contributed by atoms with van der Waals surface area (Å²) in [5, 5.41) is 0.633. The summed E-state index contributed by atoms with van der Waals surface area (Å²) in [5.41, 5.74) is 0.558. The Morgan fingerprint density at radius 2 is 1.89 bits per heavy atom. The van der Waals surface area contributed by atoms with Crippen molar-refractivity contribution in [3.05, 3.63) is 38.7 Å². The highest BCUT2D eigenvalue weighted by Crippen LogP contribution is 2.35. The van der Waals surface area contributed by atoms with E-state index in [0.717, 1.165) is 11.8 Å². The Balaban J connectivity index is 2.41. The number of imide groups is 1. The first-order chi connectivity index (χ1) is 8.54. The Morgan fingerprint density at radius 3 is 2.39 bits per heavy atom. The number of carbonyl (C=O) groups is 2. The maximum atomic E-state index is 11.9. The van der Waals surface area contributed by atoms with E-state index >= 15 is 0 Å². The van der Waals surface area contributed by atoms with Crippen LogP contribution < -0.4 is 0 Å². The summed E-state index contributed by atoms with van der Waals surface area (Å²) in [6.45, 7) is 2.11. The first-order valence-corrected chi connectivity index (χ1v) is 6.81. The molecule has 2 rings (SSSR count). The number of hydrogen-bond acceptors (Lipinski definition) is 3. The summed E-state index contributed by atoms with van der Waals surface area (Å²) in [5.74, 6) is -0.302. The minimum absolute atomic E-state index is 0.267. The molecule has 94 valence electrons. The summed E-state index contributed by atoms with van der Waals surface area (Å²) in [6.07, 6.45) is 1.56. The molecular weight excluding hydrogens is 293 g/mol. The summed E-state index contributed by atoms with van der Waals surface area (Å²) >= 11 is 12.9. The molecule has 0 radical (unpaired) electrons. The van der Waals surface area contributed by atoms with Gasteiger partial charge in [-0.2, -0.15) is 0 Å². The SMILES string of the molecule is CCN1C(=O)S/C(=C/c2c(Cl)cccc2Cl)C1=O. The van der Waals surface area contributed by atoms with Gasteiger partial charge in [-0.25, -0.2) is 0 Å². The molecule has 0 atom stereocenters. The zero-order valence-electron chi connectivity index (χ0n) is 9.44. The standard InChI is InChI=1S/C12H9Cl2NO2S/c1-2-15-11(16)10(18-12(15)17)6-7-8(13)4-3-5-9(7)14/h3-6H,2H2,1H3/b10-6+. The molecule has 0 spiro atoms. The van der Waals surface area contributed by atoms with Crippen molar-refractivity contribution in [2.45, 2.75) is 6.92 Å². The van der Waals surface area contributed by atoms with Crippen molar-refractivity contribution in [2.24, 2.45) is 0 Å². The number of carbonyl (C=O) groups excluding carboxylic acids is 2. The Kier molecular flexibility index (Phi) is 4.00. The molecule has 3 nitrogen and oxygen atoms in total. The van der Waals surface area contributed by atoms with Crippen LogP contribution in [-0.4, -0.2) is 22.6 Å². The van der Waals surface area contributed by atoms with E-state index in [4.69, 9.17) is 23.2 Å². The van der Waals surface area contributed by atoms with Crippen LogP contribution in [0.2, 0.25) is 10.0 Å². The lowest BCUT2D eigenvalue weighted by atomic mass is 10.2. The van der Waals surface area contributed by atoms with Gasteiger partial charge in [0.25, 0.3) is 11.1 Å². The van der Waals surface area contributed by atoms with Crippen LogP contribution >= 0.6 is 35.0 Å². The monoisotopic (exact) mass is 301 g/mol. The molecule has 1 saturated heterocycles. The smallest absolute Gasteiger partial charge is 0.269 e. The first-order valence-electron chi connectivity index (χ1n) is 5.24. The van der Waals surface area contributed by atoms with Crippen LogP contribution in [0.4, 0.5) is 4.79 Å². The van der Waals surface area contributed by atoms with Crippen molar-refractivity contribution in [1.82, 2.24) is 4.90 Å². The normalized spacial score (nSPS) is 17.9. The molecule has 1 aliphatic rings. The first kappa shape index (κ1) is 13.5. The average Bonchev–Trinajstić information content (AvgIpc) is 2.59. The molecule has 0 aliphatic carbocycles. The lowest BCUT2D eigenvalue weighted by molar-refractivity contribution is -0.122. The Hall–Kier alpha value is -0.970. The predicted octanol–water partition coefficient (Wildman–Crippen LogP) is 4.05. The van der Waals surface area contributed by atoms with Crippen LogP contribution in [0.25, 0.3) is 6.08 Å². The number of amides is 2. The summed E-state index contributed by atoms with van der Waals surface area (Å²) in [6, 6.07) is 5.09. The van der Waals surface area contributed by atoms with Gasteiger partial charge in [-0.3, -0.25) is 14.5 Å². The largest absolute Gasteiger partial charge is 0.293 e. The van der Waals surface area contributed by atoms with Crippen molar-refractivity contribution in [1.29, 1.82) is 0 Å². The Morgan fingerprint density at radius 1 is 1.28 bits per heavy atom. The van der Waals surface area contributed by atoms with Gasteiger partial charge in [0.1, 0.15) is 0 Å². The molecule has 1 heterocycles. The van der Waals surface area contributed by atoms with Gasteiger partial charge in [0.15, 0.2) is 0 Å². The molecule has 2 amide bonds. The lowest BCUT2D eigenvalue weighted by Crippen LogP contribution is -2.27. The summed E-state index contributed by atoms with van der Waals surface area (Å²) in [4.78, 5) is 25.0. The van der Waals surface area contributed by atoms with Crippen molar-refractivity contribution in [2.75, 3.05) is 6.54 Å². The summed E-state index contributed by atoms with van der Waals surface area (Å²) < 4.78 is 0. The maximum absolute atomic E-state index is 11.9. The van der Waals surface area contributed by atoms with Crippen molar-refractivity contribution in [3.8, 4) is 0 Å². The van der Waals surface area contributed by atoms with Gasteiger partial charge >= 0.3 is 0 Å². The molecular formula is C12H9Cl2NO2S. The third kappa shape index (κ3) is 2.41. The second-order valence-corrected chi connectivity index (χ2v) is 5.37. The molecule has 6 heteroatoms. The van der Waals surface area contributed by atoms with Crippen LogP contribution in [0, 0.1) is 0 Å². The highest BCUT2D eigenvalue weighted by Gasteiger charge is 2.33. The fourth-order valence-corrected chi connectivity index (χ4v) is 2.94. The molecule has 0 saturated carbocycles. The van der Waals surface area contributed by atoms with Crippen LogP contribution in [0.5, 0.6) is 0 Å². The van der Waals surface area contributed by atoms with Crippen LogP contribution in [0.15, 0.2) is 23.1 Å². The quantitative estimate of drug-likeness (QED) is 0.773. The summed E-state index contributed by atoms with van der Waals surface area (Å²) in [7, 11) is 0. The number of thioether (sulfide) groups is 1. The van der Waals surface area contributed by atoms with Gasteiger partial charge < -0.3 is 0 Å². The molecule has 0 aromatic heterocycles. The van der Waals surface area contributed by atoms with Crippen molar-refractivity contribution < 1.29 is 9.59 Å². The fraction of sp³-hybridized carbons (Fsp3) is 0.167. The molecule has 0 bridgehead atoms. The van der Waals surface area contributed by atoms with E-state index in [0.29, 0.717) is 27.1 Å². The molecule has 1 aromatic rings. The lowest BCUT2D eigenvalue weighted by Gasteiger charge is -2.07. The maximum Gasteiger partial charge on any atom is 0.293 e. The van der Waals surface area contributed by atoms with Crippen molar-refractivity contribution in [3.63, 3.8) is 0 Å². The van der Waals surface area contributed by atoms with E-state index in [9.17, 15) is 9.59 Å². The van der Waals surface area contributed by atoms with E-state index in [2.05, 4.69) is 0 Å². The number of nitrogens with zero attached hydrogens (tertiary/aromatic N) is 1. The number of halogens is 2. The van der Waals surface area contributed by atoms with Crippen LogP contribution in [-0.2, 0) is 4.79 Å². The van der Waals surface area contributed by atoms with Crippen LogP contribution in [0.3, 0.4) is 0 Å². The minimum Gasteiger partial charge on any atom is -0.269 e. The molecule has 1 aliphatic heterocycles. The molecule has 0 unspecified atom stereocenters. The topological polar surface area (TPSA) is 37.4 Å². The van der Waals surface area contributed by atoms with E-state index in [1.54, 1.807) is 31.2 Å². The van der Waals surface area contributed by atoms with E-state index in [1.165, 1.54) is 4.90 Å². The zero-order valence-corrected chi connectivity index (χ0v) is 11.8. The minimum atomic E-state index is -0.302. The van der Waals surface area contributed by atoms with Gasteiger partial charge in [0.05, 0.1) is 4.91 Å². The number of rotatable bonds is 2. The highest BCUT2D eigenvalue weighted by atomic mass is 35.5.